The van der Waals surface area contributed by atoms with Crippen molar-refractivity contribution in [3.05, 3.63) is 40.7 Å². The normalized spacial score (nSPS) is 16.9. The van der Waals surface area contributed by atoms with Crippen LogP contribution >= 0.6 is 23.4 Å². The second-order valence-electron chi connectivity index (χ2n) is 6.41. The number of aromatic nitrogens is 3. The van der Waals surface area contributed by atoms with E-state index in [2.05, 4.69) is 29.3 Å². The van der Waals surface area contributed by atoms with Gasteiger partial charge in [0.05, 0.1) is 0 Å². The van der Waals surface area contributed by atoms with Crippen molar-refractivity contribution in [2.75, 3.05) is 19.1 Å². The molecule has 136 valence electrons. The number of nitrogens with two attached hydrogens (primary N) is 1. The molecule has 1 atom stereocenters. The van der Waals surface area contributed by atoms with Crippen molar-refractivity contribution in [1.82, 2.24) is 14.9 Å². The zero-order valence-corrected chi connectivity index (χ0v) is 16.1. The molecular formula is C18H25ClN4OS. The molecule has 25 heavy (non-hydrogen) atoms. The molecule has 0 amide bonds. The van der Waals surface area contributed by atoms with Crippen LogP contribution in [0.25, 0.3) is 0 Å². The Bertz CT molecular complexity index is 670. The minimum atomic E-state index is 0.270. The maximum absolute atomic E-state index is 6.25. The summed E-state index contributed by atoms with van der Waals surface area (Å²) in [5, 5.41) is 10.4. The van der Waals surface area contributed by atoms with E-state index in [9.17, 15) is 0 Å². The molecule has 3 rings (SSSR count). The van der Waals surface area contributed by atoms with Crippen LogP contribution in [0.2, 0.25) is 5.02 Å². The van der Waals surface area contributed by atoms with Gasteiger partial charge in [-0.05, 0) is 42.9 Å². The van der Waals surface area contributed by atoms with Crippen LogP contribution in [0.5, 0.6) is 0 Å². The summed E-state index contributed by atoms with van der Waals surface area (Å²) in [6.45, 7) is 3.79. The number of nitrogen functional groups attached to an aromatic ring is 1. The molecule has 0 bridgehead atoms. The van der Waals surface area contributed by atoms with Gasteiger partial charge in [0, 0.05) is 29.9 Å². The highest BCUT2D eigenvalue weighted by molar-refractivity contribution is 7.99. The lowest BCUT2D eigenvalue weighted by atomic mass is 9.92. The Hall–Kier alpha value is -1.24. The third kappa shape index (κ3) is 4.68. The zero-order valence-electron chi connectivity index (χ0n) is 14.5. The third-order valence-corrected chi connectivity index (χ3v) is 6.27. The molecule has 7 heteroatoms. The van der Waals surface area contributed by atoms with Gasteiger partial charge < -0.3 is 10.6 Å². The molecule has 0 radical (unpaired) electrons. The number of benzene rings is 1. The monoisotopic (exact) mass is 380 g/mol. The summed E-state index contributed by atoms with van der Waals surface area (Å²) in [5.41, 5.74) is 1.25. The first-order valence-electron chi connectivity index (χ1n) is 8.88. The van der Waals surface area contributed by atoms with E-state index < -0.39 is 0 Å². The average molecular weight is 381 g/mol. The fourth-order valence-electron chi connectivity index (χ4n) is 3.11. The fraction of sp³-hybridized carbons (Fsp3) is 0.556. The maximum Gasteiger partial charge on any atom is 0.210 e. The molecule has 0 aliphatic carbocycles. The van der Waals surface area contributed by atoms with Crippen LogP contribution in [0.3, 0.4) is 0 Å². The second-order valence-corrected chi connectivity index (χ2v) is 7.96. The minimum Gasteiger partial charge on any atom is -0.381 e. The van der Waals surface area contributed by atoms with E-state index in [-0.39, 0.29) is 5.25 Å². The van der Waals surface area contributed by atoms with Gasteiger partial charge in [0.25, 0.3) is 0 Å². The predicted molar refractivity (Wildman–Crippen MR) is 102 cm³/mol. The Morgan fingerprint density at radius 2 is 2.00 bits per heavy atom. The SMILES string of the molecule is CCCCc1nnc(S[C@@H](c2ccc(Cl)cc2)C2CCOCC2)n1N. The van der Waals surface area contributed by atoms with Gasteiger partial charge in [-0.25, -0.2) is 4.68 Å². The van der Waals surface area contributed by atoms with E-state index in [0.717, 1.165) is 61.3 Å². The molecule has 0 unspecified atom stereocenters. The lowest BCUT2D eigenvalue weighted by Crippen LogP contribution is -2.21. The molecule has 2 N–H and O–H groups in total. The standard InChI is InChI=1S/C18H25ClN4OS/c1-2-3-4-16-21-22-18(23(16)20)25-17(14-9-11-24-12-10-14)13-5-7-15(19)8-6-13/h5-8,14,17H,2-4,9-12,20H2,1H3/t17-/m0/s1. The van der Waals surface area contributed by atoms with Gasteiger partial charge in [-0.3, -0.25) is 0 Å². The molecule has 1 aromatic carbocycles. The number of halogens is 1. The number of hydrogen-bond acceptors (Lipinski definition) is 5. The molecular weight excluding hydrogens is 356 g/mol. The number of nitrogens with zero attached hydrogens (tertiary/aromatic N) is 3. The van der Waals surface area contributed by atoms with Crippen molar-refractivity contribution in [2.45, 2.75) is 49.4 Å². The van der Waals surface area contributed by atoms with Gasteiger partial charge in [-0.15, -0.1) is 10.2 Å². The lowest BCUT2D eigenvalue weighted by Gasteiger charge is -2.29. The van der Waals surface area contributed by atoms with E-state index >= 15 is 0 Å². The summed E-state index contributed by atoms with van der Waals surface area (Å²) in [6.07, 6.45) is 5.14. The van der Waals surface area contributed by atoms with Crippen molar-refractivity contribution >= 4 is 23.4 Å². The van der Waals surface area contributed by atoms with Gasteiger partial charge in [0.15, 0.2) is 5.82 Å². The van der Waals surface area contributed by atoms with Gasteiger partial charge in [-0.1, -0.05) is 48.8 Å². The third-order valence-electron chi connectivity index (χ3n) is 4.61. The van der Waals surface area contributed by atoms with Gasteiger partial charge in [-0.2, -0.15) is 0 Å². The lowest BCUT2D eigenvalue weighted by molar-refractivity contribution is 0.0656. The van der Waals surface area contributed by atoms with E-state index in [1.165, 1.54) is 5.56 Å². The Morgan fingerprint density at radius 1 is 1.28 bits per heavy atom. The summed E-state index contributed by atoms with van der Waals surface area (Å²) in [4.78, 5) is 0. The van der Waals surface area contributed by atoms with Crippen LogP contribution < -0.4 is 5.84 Å². The van der Waals surface area contributed by atoms with E-state index in [4.69, 9.17) is 22.2 Å². The molecule has 2 heterocycles. The number of thioether (sulfide) groups is 1. The van der Waals surface area contributed by atoms with Crippen LogP contribution in [-0.2, 0) is 11.2 Å². The van der Waals surface area contributed by atoms with E-state index in [0.29, 0.717) is 5.92 Å². The summed E-state index contributed by atoms with van der Waals surface area (Å²) < 4.78 is 7.19. The van der Waals surface area contributed by atoms with Crippen LogP contribution in [-0.4, -0.2) is 28.1 Å². The Labute approximate surface area is 158 Å². The number of ether oxygens (including phenoxy) is 1. The second kappa shape index (κ2) is 8.92. The van der Waals surface area contributed by atoms with Gasteiger partial charge in [0.2, 0.25) is 5.16 Å². The molecule has 5 nitrogen and oxygen atoms in total. The molecule has 0 spiro atoms. The molecule has 1 aliphatic heterocycles. The number of hydrogen-bond donors (Lipinski definition) is 1. The highest BCUT2D eigenvalue weighted by atomic mass is 35.5. The number of aryl methyl sites for hydroxylation is 1. The molecule has 1 saturated heterocycles. The first-order chi connectivity index (χ1) is 12.2. The summed E-state index contributed by atoms with van der Waals surface area (Å²) in [7, 11) is 0. The average Bonchev–Trinajstić information content (AvgIpc) is 2.99. The molecule has 1 aromatic heterocycles. The Kier molecular flexibility index (Phi) is 6.62. The summed E-state index contributed by atoms with van der Waals surface area (Å²) >= 11 is 7.77. The first-order valence-corrected chi connectivity index (χ1v) is 10.1. The van der Waals surface area contributed by atoms with Crippen LogP contribution in [0, 0.1) is 5.92 Å². The molecule has 0 saturated carbocycles. The smallest absolute Gasteiger partial charge is 0.210 e. The van der Waals surface area contributed by atoms with Crippen molar-refractivity contribution in [3.8, 4) is 0 Å². The number of rotatable bonds is 7. The highest BCUT2D eigenvalue weighted by Crippen LogP contribution is 2.43. The quantitative estimate of drug-likeness (QED) is 0.574. The van der Waals surface area contributed by atoms with Gasteiger partial charge >= 0.3 is 0 Å². The maximum atomic E-state index is 6.25. The van der Waals surface area contributed by atoms with Crippen molar-refractivity contribution in [2.24, 2.45) is 5.92 Å². The predicted octanol–water partition coefficient (Wildman–Crippen LogP) is 4.25. The minimum absolute atomic E-state index is 0.270. The van der Waals surface area contributed by atoms with E-state index in [1.807, 2.05) is 12.1 Å². The van der Waals surface area contributed by atoms with Crippen LogP contribution in [0.15, 0.2) is 29.4 Å². The number of unbranched alkanes of at least 4 members (excludes halogenated alkanes) is 1. The van der Waals surface area contributed by atoms with Crippen LogP contribution in [0.1, 0.15) is 49.2 Å². The van der Waals surface area contributed by atoms with Crippen molar-refractivity contribution in [1.29, 1.82) is 0 Å². The fourth-order valence-corrected chi connectivity index (χ4v) is 4.53. The Balaban J connectivity index is 1.82. The Morgan fingerprint density at radius 3 is 2.68 bits per heavy atom. The van der Waals surface area contributed by atoms with Crippen molar-refractivity contribution < 1.29 is 4.74 Å². The first kappa shape index (κ1) is 18.5. The van der Waals surface area contributed by atoms with E-state index in [1.54, 1.807) is 16.4 Å². The van der Waals surface area contributed by atoms with Crippen molar-refractivity contribution in [3.63, 3.8) is 0 Å². The molecule has 2 aromatic rings. The topological polar surface area (TPSA) is 66.0 Å². The van der Waals surface area contributed by atoms with Crippen LogP contribution in [0.4, 0.5) is 0 Å². The largest absolute Gasteiger partial charge is 0.381 e. The highest BCUT2D eigenvalue weighted by Gasteiger charge is 2.28. The molecule has 1 aliphatic rings. The summed E-state index contributed by atoms with van der Waals surface area (Å²) in [5.74, 6) is 7.63. The summed E-state index contributed by atoms with van der Waals surface area (Å²) in [6, 6.07) is 8.10. The zero-order chi connectivity index (χ0) is 17.6. The van der Waals surface area contributed by atoms with Gasteiger partial charge in [0.1, 0.15) is 0 Å². The molecule has 1 fully saturated rings.